The van der Waals surface area contributed by atoms with Crippen molar-refractivity contribution < 1.29 is 14.3 Å². The molecule has 2 rings (SSSR count). The molecule has 0 unspecified atom stereocenters. The van der Waals surface area contributed by atoms with Crippen LogP contribution in [0.4, 0.5) is 0 Å². The molecule has 2 N–H and O–H groups in total. The molecule has 0 saturated heterocycles. The second kappa shape index (κ2) is 11.8. The molecule has 0 aliphatic carbocycles. The first-order valence-corrected chi connectivity index (χ1v) is 8.86. The van der Waals surface area contributed by atoms with E-state index in [0.29, 0.717) is 25.5 Å². The summed E-state index contributed by atoms with van der Waals surface area (Å²) >= 11 is 0. The lowest BCUT2D eigenvalue weighted by atomic mass is 10.2. The van der Waals surface area contributed by atoms with Crippen LogP contribution in [0, 0.1) is 0 Å². The zero-order chi connectivity index (χ0) is 18.1. The Kier molecular flexibility index (Phi) is 10.2. The third kappa shape index (κ3) is 6.54. The molecule has 1 aliphatic rings. The zero-order valence-corrected chi connectivity index (χ0v) is 18.0. The highest BCUT2D eigenvalue weighted by Crippen LogP contribution is 2.32. The summed E-state index contributed by atoms with van der Waals surface area (Å²) in [5, 5.41) is 6.41. The summed E-state index contributed by atoms with van der Waals surface area (Å²) in [6, 6.07) is 5.82. The van der Waals surface area contributed by atoms with E-state index in [2.05, 4.69) is 15.6 Å². The van der Waals surface area contributed by atoms with Crippen LogP contribution in [0.1, 0.15) is 32.8 Å². The summed E-state index contributed by atoms with van der Waals surface area (Å²) in [6.45, 7) is 9.60. The average molecular weight is 476 g/mol. The lowest BCUT2D eigenvalue weighted by Crippen LogP contribution is -2.40. The van der Waals surface area contributed by atoms with Crippen molar-refractivity contribution in [3.8, 4) is 11.5 Å². The first-order valence-electron chi connectivity index (χ1n) is 8.86. The van der Waals surface area contributed by atoms with Crippen LogP contribution in [-0.2, 0) is 11.3 Å². The number of hydrogen-bond acceptors (Lipinski definition) is 4. The van der Waals surface area contributed by atoms with Crippen LogP contribution in [0.3, 0.4) is 0 Å². The van der Waals surface area contributed by atoms with E-state index < -0.39 is 0 Å². The normalized spacial score (nSPS) is 12.3. The van der Waals surface area contributed by atoms with Gasteiger partial charge in [0.25, 0.3) is 0 Å². The van der Waals surface area contributed by atoms with Crippen molar-refractivity contribution in [1.29, 1.82) is 0 Å². The van der Waals surface area contributed by atoms with Crippen molar-refractivity contribution in [2.24, 2.45) is 4.99 Å². The van der Waals surface area contributed by atoms with E-state index in [1.807, 2.05) is 43.9 Å². The molecular formula is C18H29IN4O3. The number of guanidine groups is 1. The number of ether oxygens (including phenoxy) is 2. The smallest absolute Gasteiger partial charge is 0.231 e. The van der Waals surface area contributed by atoms with Crippen molar-refractivity contribution in [3.63, 3.8) is 0 Å². The van der Waals surface area contributed by atoms with Crippen LogP contribution >= 0.6 is 24.0 Å². The molecule has 1 heterocycles. The Morgan fingerprint density at radius 2 is 1.88 bits per heavy atom. The van der Waals surface area contributed by atoms with Gasteiger partial charge in [-0.15, -0.1) is 24.0 Å². The molecule has 0 radical (unpaired) electrons. The summed E-state index contributed by atoms with van der Waals surface area (Å²) in [5.74, 6) is 2.39. The summed E-state index contributed by atoms with van der Waals surface area (Å²) in [6.07, 6.45) is 0.454. The average Bonchev–Trinajstić information content (AvgIpc) is 3.08. The van der Waals surface area contributed by atoms with Crippen LogP contribution in [0.5, 0.6) is 11.5 Å². The van der Waals surface area contributed by atoms with Gasteiger partial charge in [-0.05, 0) is 38.5 Å². The number of fused-ring (bicyclic) bond motifs is 1. The van der Waals surface area contributed by atoms with E-state index >= 15 is 0 Å². The molecule has 26 heavy (non-hydrogen) atoms. The lowest BCUT2D eigenvalue weighted by Gasteiger charge is -2.19. The Bertz CT molecular complexity index is 606. The van der Waals surface area contributed by atoms with Gasteiger partial charge in [0.15, 0.2) is 17.5 Å². The fraction of sp³-hybridized carbons (Fsp3) is 0.556. The van der Waals surface area contributed by atoms with Gasteiger partial charge in [0.2, 0.25) is 12.7 Å². The third-order valence-corrected chi connectivity index (χ3v) is 3.95. The van der Waals surface area contributed by atoms with Crippen LogP contribution in [0.2, 0.25) is 0 Å². The quantitative estimate of drug-likeness (QED) is 0.343. The van der Waals surface area contributed by atoms with Gasteiger partial charge in [0.05, 0.1) is 6.54 Å². The van der Waals surface area contributed by atoms with E-state index in [4.69, 9.17) is 9.47 Å². The van der Waals surface area contributed by atoms with Crippen LogP contribution in [0.15, 0.2) is 23.2 Å². The molecule has 0 bridgehead atoms. The van der Waals surface area contributed by atoms with Crippen molar-refractivity contribution in [3.05, 3.63) is 23.8 Å². The second-order valence-corrected chi connectivity index (χ2v) is 5.63. The Balaban J connectivity index is 0.00000338. The van der Waals surface area contributed by atoms with Gasteiger partial charge in [-0.3, -0.25) is 4.79 Å². The van der Waals surface area contributed by atoms with Crippen molar-refractivity contribution in [2.45, 2.75) is 33.7 Å². The van der Waals surface area contributed by atoms with Crippen molar-refractivity contribution in [2.75, 3.05) is 33.0 Å². The van der Waals surface area contributed by atoms with Gasteiger partial charge in [-0.25, -0.2) is 4.99 Å². The molecule has 146 valence electrons. The topological polar surface area (TPSA) is 75.2 Å². The molecule has 0 fully saturated rings. The number of nitrogens with one attached hydrogen (secondary N) is 2. The highest BCUT2D eigenvalue weighted by Gasteiger charge is 2.13. The maximum Gasteiger partial charge on any atom is 0.231 e. The highest BCUT2D eigenvalue weighted by atomic mass is 127. The zero-order valence-electron chi connectivity index (χ0n) is 15.7. The molecule has 1 aromatic rings. The minimum atomic E-state index is 0. The van der Waals surface area contributed by atoms with Gasteiger partial charge < -0.3 is 25.0 Å². The van der Waals surface area contributed by atoms with Gasteiger partial charge in [0.1, 0.15) is 0 Å². The standard InChI is InChI=1S/C18H28N4O3.HI/c1-4-19-18(20-10-9-17(23)22(5-2)6-3)21-12-14-7-8-15-16(11-14)25-13-24-15;/h7-8,11H,4-6,9-10,12-13H2,1-3H3,(H2,19,20,21);1H. The predicted molar refractivity (Wildman–Crippen MR) is 113 cm³/mol. The first-order chi connectivity index (χ1) is 12.2. The fourth-order valence-corrected chi connectivity index (χ4v) is 2.57. The first kappa shape index (κ1) is 22.3. The van der Waals surface area contributed by atoms with E-state index in [1.54, 1.807) is 0 Å². The fourth-order valence-electron chi connectivity index (χ4n) is 2.57. The highest BCUT2D eigenvalue weighted by molar-refractivity contribution is 14.0. The number of carbonyl (C=O) groups is 1. The number of carbonyl (C=O) groups excluding carboxylic acids is 1. The van der Waals surface area contributed by atoms with Crippen LogP contribution < -0.4 is 20.1 Å². The summed E-state index contributed by atoms with van der Waals surface area (Å²) in [4.78, 5) is 18.4. The van der Waals surface area contributed by atoms with E-state index in [-0.39, 0.29) is 36.7 Å². The maximum absolute atomic E-state index is 12.0. The molecule has 0 saturated carbocycles. The number of aliphatic imine (C=N–C) groups is 1. The molecule has 7 nitrogen and oxygen atoms in total. The SMILES string of the molecule is CCNC(=NCc1ccc2c(c1)OCO2)NCCC(=O)N(CC)CC.I. The second-order valence-electron chi connectivity index (χ2n) is 5.63. The monoisotopic (exact) mass is 476 g/mol. The molecule has 8 heteroatoms. The van der Waals surface area contributed by atoms with Crippen LogP contribution in [-0.4, -0.2) is 49.7 Å². The maximum atomic E-state index is 12.0. The summed E-state index contributed by atoms with van der Waals surface area (Å²) < 4.78 is 10.7. The lowest BCUT2D eigenvalue weighted by molar-refractivity contribution is -0.130. The van der Waals surface area contributed by atoms with Gasteiger partial charge in [-0.1, -0.05) is 6.07 Å². The van der Waals surface area contributed by atoms with Gasteiger partial charge in [-0.2, -0.15) is 0 Å². The Hall–Kier alpha value is -1.71. The number of halogens is 1. The van der Waals surface area contributed by atoms with Crippen molar-refractivity contribution >= 4 is 35.8 Å². The Morgan fingerprint density at radius 3 is 2.58 bits per heavy atom. The Morgan fingerprint density at radius 1 is 1.15 bits per heavy atom. The van der Waals surface area contributed by atoms with E-state index in [1.165, 1.54) is 0 Å². The van der Waals surface area contributed by atoms with E-state index in [0.717, 1.165) is 36.7 Å². The van der Waals surface area contributed by atoms with E-state index in [9.17, 15) is 4.79 Å². The number of nitrogens with zero attached hydrogens (tertiary/aromatic N) is 2. The van der Waals surface area contributed by atoms with Gasteiger partial charge in [0, 0.05) is 32.6 Å². The third-order valence-electron chi connectivity index (χ3n) is 3.95. The summed E-state index contributed by atoms with van der Waals surface area (Å²) in [5.41, 5.74) is 1.04. The number of hydrogen-bond donors (Lipinski definition) is 2. The molecule has 1 aromatic carbocycles. The minimum Gasteiger partial charge on any atom is -0.454 e. The molecule has 1 aliphatic heterocycles. The Labute approximate surface area is 172 Å². The molecular weight excluding hydrogens is 447 g/mol. The molecule has 0 atom stereocenters. The molecule has 0 spiro atoms. The van der Waals surface area contributed by atoms with Crippen molar-refractivity contribution in [1.82, 2.24) is 15.5 Å². The van der Waals surface area contributed by atoms with Gasteiger partial charge >= 0.3 is 0 Å². The molecule has 0 aromatic heterocycles. The number of rotatable bonds is 8. The largest absolute Gasteiger partial charge is 0.454 e. The molecule has 1 amide bonds. The summed E-state index contributed by atoms with van der Waals surface area (Å²) in [7, 11) is 0. The number of benzene rings is 1. The minimum absolute atomic E-state index is 0. The van der Waals surface area contributed by atoms with Crippen LogP contribution in [0.25, 0.3) is 0 Å². The number of amides is 1. The predicted octanol–water partition coefficient (Wildman–Crippen LogP) is 2.35.